The van der Waals surface area contributed by atoms with E-state index in [1.54, 1.807) is 42.5 Å². The minimum absolute atomic E-state index is 0. The third kappa shape index (κ3) is 10.6. The van der Waals surface area contributed by atoms with Crippen molar-refractivity contribution in [2.45, 2.75) is 12.3 Å². The molecule has 0 atom stereocenters. The first-order valence-corrected chi connectivity index (χ1v) is 12.6. The van der Waals surface area contributed by atoms with Crippen LogP contribution in [0.25, 0.3) is 34.0 Å². The maximum atomic E-state index is 12.1. The zero-order valence-electron chi connectivity index (χ0n) is 18.9. The molecule has 0 spiro atoms. The van der Waals surface area contributed by atoms with Crippen molar-refractivity contribution in [3.8, 4) is 34.0 Å². The van der Waals surface area contributed by atoms with Gasteiger partial charge in [-0.05, 0) is 36.4 Å². The standard InChI is InChI=1S/C21H15ClN2O3S.2CH3NOS.CH4.H2O/c22-16-12-10-14(11-13-16)19-20(17-8-4-5-9-18(17)28(23,25)26)27-21(24-19)15-6-2-1-3-7-15;2*2-1(3)4;;/h1-13H,(H2,23,25,26);2*(H3,2,3,4);1H4;1H2. The smallest absolute Gasteiger partial charge is 0.273 e. The van der Waals surface area contributed by atoms with E-state index in [-0.39, 0.29) is 17.8 Å². The predicted molar refractivity (Wildman–Crippen MR) is 157 cm³/mol. The number of oxazole rings is 1. The number of hydrogen-bond donors (Lipinski definition) is 5. The number of sulfonamides is 1. The van der Waals surface area contributed by atoms with E-state index in [1.807, 2.05) is 30.3 Å². The summed E-state index contributed by atoms with van der Waals surface area (Å²) in [6.07, 6.45) is 0. The molecule has 0 radical (unpaired) electrons. The first-order valence-electron chi connectivity index (χ1n) is 9.81. The summed E-state index contributed by atoms with van der Waals surface area (Å²) in [5.41, 5.74) is 11.1. The van der Waals surface area contributed by atoms with Gasteiger partial charge in [0.25, 0.3) is 10.5 Å². The van der Waals surface area contributed by atoms with Gasteiger partial charge in [0.1, 0.15) is 5.69 Å². The molecule has 0 saturated heterocycles. The zero-order valence-corrected chi connectivity index (χ0v) is 22.3. The fourth-order valence-electron chi connectivity index (χ4n) is 2.91. The summed E-state index contributed by atoms with van der Waals surface area (Å²) in [5, 5.41) is 4.72. The molecule has 4 rings (SSSR count). The lowest BCUT2D eigenvalue weighted by Crippen LogP contribution is -2.13. The Morgan fingerprint density at radius 1 is 0.816 bits per heavy atom. The van der Waals surface area contributed by atoms with Crippen molar-refractivity contribution in [3.63, 3.8) is 0 Å². The highest BCUT2D eigenvalue weighted by atomic mass is 35.5. The number of amides is 2. The van der Waals surface area contributed by atoms with Crippen LogP contribution < -0.4 is 16.6 Å². The number of benzene rings is 3. The summed E-state index contributed by atoms with van der Waals surface area (Å²) < 4.78 is 30.2. The molecule has 1 aromatic heterocycles. The number of hydrogen-bond acceptors (Lipinski definition) is 6. The lowest BCUT2D eigenvalue weighted by Gasteiger charge is -2.07. The van der Waals surface area contributed by atoms with Gasteiger partial charge >= 0.3 is 0 Å². The van der Waals surface area contributed by atoms with Crippen molar-refractivity contribution in [1.29, 1.82) is 0 Å². The van der Waals surface area contributed by atoms with Crippen LogP contribution >= 0.6 is 36.9 Å². The molecular formula is C24H27ClN4O6S3. The highest BCUT2D eigenvalue weighted by molar-refractivity contribution is 7.96. The van der Waals surface area contributed by atoms with Crippen LogP contribution in [0.2, 0.25) is 5.02 Å². The number of nitrogens with zero attached hydrogens (tertiary/aromatic N) is 1. The summed E-state index contributed by atoms with van der Waals surface area (Å²) in [4.78, 5) is 22.8. The van der Waals surface area contributed by atoms with Crippen LogP contribution in [-0.2, 0) is 10.0 Å². The van der Waals surface area contributed by atoms with Crippen LogP contribution in [-0.4, -0.2) is 29.4 Å². The van der Waals surface area contributed by atoms with Gasteiger partial charge in [-0.15, -0.1) is 0 Å². The first-order chi connectivity index (χ1) is 16.9. The van der Waals surface area contributed by atoms with Gasteiger partial charge in [-0.25, -0.2) is 18.5 Å². The number of nitrogens with two attached hydrogens (primary N) is 3. The van der Waals surface area contributed by atoms with E-state index in [0.717, 1.165) is 11.1 Å². The van der Waals surface area contributed by atoms with E-state index in [4.69, 9.17) is 30.7 Å². The molecule has 0 aliphatic carbocycles. The molecule has 38 heavy (non-hydrogen) atoms. The Balaban J connectivity index is 0.00000121. The second kappa shape index (κ2) is 15.8. The van der Waals surface area contributed by atoms with Gasteiger partial charge in [-0.3, -0.25) is 9.59 Å². The first kappa shape index (κ1) is 34.7. The Bertz CT molecular complexity index is 1430. The molecule has 0 aliphatic rings. The van der Waals surface area contributed by atoms with Crippen LogP contribution in [0.5, 0.6) is 0 Å². The molecule has 1 heterocycles. The molecule has 10 nitrogen and oxygen atoms in total. The van der Waals surface area contributed by atoms with E-state index in [9.17, 15) is 8.42 Å². The summed E-state index contributed by atoms with van der Waals surface area (Å²) >= 11 is 12.2. The van der Waals surface area contributed by atoms with Crippen molar-refractivity contribution < 1.29 is 27.9 Å². The second-order valence-corrected chi connectivity index (χ2v) is 9.64. The summed E-state index contributed by atoms with van der Waals surface area (Å²) in [6, 6.07) is 22.9. The fourth-order valence-corrected chi connectivity index (χ4v) is 3.77. The molecule has 0 bridgehead atoms. The number of primary amides is 2. The van der Waals surface area contributed by atoms with Gasteiger partial charge < -0.3 is 21.4 Å². The summed E-state index contributed by atoms with van der Waals surface area (Å²) in [5.74, 6) is 0.704. The van der Waals surface area contributed by atoms with E-state index in [1.165, 1.54) is 6.07 Å². The Morgan fingerprint density at radius 2 is 1.29 bits per heavy atom. The van der Waals surface area contributed by atoms with Crippen LogP contribution in [0.1, 0.15) is 7.43 Å². The molecule has 0 unspecified atom stereocenters. The molecule has 4 aromatic rings. The number of carbonyl (C=O) groups excluding carboxylic acids is 2. The highest BCUT2D eigenvalue weighted by Crippen LogP contribution is 2.38. The lowest BCUT2D eigenvalue weighted by atomic mass is 10.1. The van der Waals surface area contributed by atoms with E-state index >= 15 is 0 Å². The van der Waals surface area contributed by atoms with Gasteiger partial charge in [0, 0.05) is 21.7 Å². The molecule has 14 heteroatoms. The summed E-state index contributed by atoms with van der Waals surface area (Å²) in [6.45, 7) is 0. The quantitative estimate of drug-likeness (QED) is 0.209. The Labute approximate surface area is 236 Å². The Morgan fingerprint density at radius 3 is 1.79 bits per heavy atom. The minimum atomic E-state index is -3.95. The number of carbonyl (C=O) groups is 2. The zero-order chi connectivity index (χ0) is 26.9. The average Bonchev–Trinajstić information content (AvgIpc) is 3.24. The number of halogens is 1. The van der Waals surface area contributed by atoms with Crippen molar-refractivity contribution in [1.82, 2.24) is 4.98 Å². The molecular weight excluding hydrogens is 572 g/mol. The maximum absolute atomic E-state index is 12.1. The van der Waals surface area contributed by atoms with E-state index in [0.29, 0.717) is 27.9 Å². The fraction of sp³-hybridized carbons (Fsp3) is 0.0417. The van der Waals surface area contributed by atoms with Crippen molar-refractivity contribution in [2.75, 3.05) is 0 Å². The van der Waals surface area contributed by atoms with Crippen LogP contribution in [0, 0.1) is 0 Å². The monoisotopic (exact) mass is 598 g/mol. The largest absolute Gasteiger partial charge is 0.435 e. The third-order valence-corrected chi connectivity index (χ3v) is 5.42. The van der Waals surface area contributed by atoms with Gasteiger partial charge in [0.2, 0.25) is 15.9 Å². The van der Waals surface area contributed by atoms with Crippen LogP contribution in [0.15, 0.2) is 88.2 Å². The third-order valence-electron chi connectivity index (χ3n) is 4.20. The van der Waals surface area contributed by atoms with Crippen LogP contribution in [0.3, 0.4) is 0 Å². The van der Waals surface area contributed by atoms with E-state index < -0.39 is 20.5 Å². The molecule has 0 fully saturated rings. The second-order valence-electron chi connectivity index (χ2n) is 6.79. The number of rotatable bonds is 4. The number of aromatic nitrogens is 1. The number of primary sulfonamides is 1. The van der Waals surface area contributed by atoms with Crippen molar-refractivity contribution >= 4 is 57.4 Å². The predicted octanol–water partition coefficient (Wildman–Crippen LogP) is 4.78. The lowest BCUT2D eigenvalue weighted by molar-refractivity contribution is 0.266. The topological polar surface area (TPSA) is 204 Å². The summed E-state index contributed by atoms with van der Waals surface area (Å²) in [7, 11) is -3.95. The molecule has 8 N–H and O–H groups in total. The van der Waals surface area contributed by atoms with Crippen molar-refractivity contribution in [2.24, 2.45) is 16.6 Å². The molecule has 204 valence electrons. The molecule has 0 aliphatic heterocycles. The number of thiol groups is 2. The normalized spacial score (nSPS) is 9.79. The SMILES string of the molecule is C.NC(=O)S.NC(=O)S.NS(=O)(=O)c1ccccc1-c1oc(-c2ccccc2)nc1-c1ccc(Cl)cc1.O. The molecule has 3 aromatic carbocycles. The molecule has 2 amide bonds. The van der Waals surface area contributed by atoms with Crippen LogP contribution in [0.4, 0.5) is 9.59 Å². The van der Waals surface area contributed by atoms with Gasteiger partial charge in [0.05, 0.1) is 4.90 Å². The minimum Gasteiger partial charge on any atom is -0.435 e. The van der Waals surface area contributed by atoms with Gasteiger partial charge in [-0.1, -0.05) is 86.7 Å². The highest BCUT2D eigenvalue weighted by Gasteiger charge is 2.23. The average molecular weight is 599 g/mol. The van der Waals surface area contributed by atoms with Crippen molar-refractivity contribution in [3.05, 3.63) is 83.9 Å². The van der Waals surface area contributed by atoms with Gasteiger partial charge in [0.15, 0.2) is 5.76 Å². The van der Waals surface area contributed by atoms with E-state index in [2.05, 4.69) is 41.7 Å². The molecule has 0 saturated carbocycles. The maximum Gasteiger partial charge on any atom is 0.273 e. The Kier molecular flexibility index (Phi) is 14.4. The Hall–Kier alpha value is -3.33. The van der Waals surface area contributed by atoms with Gasteiger partial charge in [-0.2, -0.15) is 0 Å².